The Hall–Kier alpha value is -3.22. The minimum atomic E-state index is -0.972. The van der Waals surface area contributed by atoms with Gasteiger partial charge in [-0.25, -0.2) is 14.2 Å². The number of aromatic nitrogens is 2. The molecule has 36 heavy (non-hydrogen) atoms. The molecule has 2 heterocycles. The van der Waals surface area contributed by atoms with Gasteiger partial charge in [0.2, 0.25) is 0 Å². The van der Waals surface area contributed by atoms with Crippen molar-refractivity contribution in [2.75, 3.05) is 7.11 Å². The van der Waals surface area contributed by atoms with Crippen LogP contribution in [-0.2, 0) is 20.8 Å². The van der Waals surface area contributed by atoms with Gasteiger partial charge in [0.15, 0.2) is 6.10 Å². The lowest BCUT2D eigenvalue weighted by Gasteiger charge is -2.28. The molecule has 0 radical (unpaired) electrons. The fraction of sp³-hybridized carbons (Fsp3) is 0.310. The van der Waals surface area contributed by atoms with Crippen LogP contribution >= 0.6 is 11.6 Å². The van der Waals surface area contributed by atoms with Gasteiger partial charge in [0.25, 0.3) is 0 Å². The lowest BCUT2D eigenvalue weighted by molar-refractivity contribution is -0.164. The number of esters is 1. The predicted octanol–water partition coefficient (Wildman–Crippen LogP) is 7.19. The van der Waals surface area contributed by atoms with E-state index in [0.29, 0.717) is 27.5 Å². The fourth-order valence-electron chi connectivity index (χ4n) is 4.33. The Balaban J connectivity index is 1.97. The monoisotopic (exact) mass is 508 g/mol. The quantitative estimate of drug-likeness (QED) is 0.259. The van der Waals surface area contributed by atoms with Gasteiger partial charge in [-0.2, -0.15) is 0 Å². The Kier molecular flexibility index (Phi) is 7.21. The number of nitrogens with zero attached hydrogens (tertiary/aromatic N) is 2. The average Bonchev–Trinajstić information content (AvgIpc) is 3.20. The van der Waals surface area contributed by atoms with Gasteiger partial charge in [-0.1, -0.05) is 47.5 Å². The van der Waals surface area contributed by atoms with E-state index in [1.54, 1.807) is 12.1 Å². The minimum Gasteiger partial charge on any atom is -0.467 e. The molecule has 0 N–H and O–H groups in total. The molecule has 1 atom stereocenters. The number of hydrogen-bond acceptors (Lipinski definition) is 4. The molecule has 4 rings (SSSR count). The molecule has 5 nitrogen and oxygen atoms in total. The molecule has 0 fully saturated rings. The first-order valence-corrected chi connectivity index (χ1v) is 12.1. The second-order valence-corrected chi connectivity index (χ2v) is 10.3. The number of rotatable bonds is 6. The summed E-state index contributed by atoms with van der Waals surface area (Å²) in [6.07, 6.45) is 0.907. The number of fused-ring (bicyclic) bond motifs is 1. The van der Waals surface area contributed by atoms with Crippen molar-refractivity contribution in [2.24, 2.45) is 0 Å². The number of hydrogen-bond donors (Lipinski definition) is 0. The Labute approximate surface area is 215 Å². The summed E-state index contributed by atoms with van der Waals surface area (Å²) in [5.41, 5.74) is 4.75. The second-order valence-electron chi connectivity index (χ2n) is 9.90. The predicted molar refractivity (Wildman–Crippen MR) is 141 cm³/mol. The summed E-state index contributed by atoms with van der Waals surface area (Å²) in [6, 6.07) is 14.7. The number of carbonyl (C=O) groups is 1. The van der Waals surface area contributed by atoms with Crippen molar-refractivity contribution in [1.82, 2.24) is 9.55 Å². The van der Waals surface area contributed by atoms with Crippen LogP contribution in [0.25, 0.3) is 22.2 Å². The average molecular weight is 509 g/mol. The van der Waals surface area contributed by atoms with Crippen molar-refractivity contribution in [1.29, 1.82) is 0 Å². The second kappa shape index (κ2) is 10.0. The molecule has 0 saturated carbocycles. The van der Waals surface area contributed by atoms with Crippen LogP contribution in [0.3, 0.4) is 0 Å². The molecule has 0 aliphatic heterocycles. The molecule has 7 heteroatoms. The van der Waals surface area contributed by atoms with Crippen molar-refractivity contribution in [2.45, 2.75) is 52.9 Å². The largest absolute Gasteiger partial charge is 0.467 e. The highest BCUT2D eigenvalue weighted by atomic mass is 35.5. The maximum absolute atomic E-state index is 14.6. The Morgan fingerprint density at radius 2 is 1.81 bits per heavy atom. The summed E-state index contributed by atoms with van der Waals surface area (Å²) < 4.78 is 27.9. The third kappa shape index (κ3) is 5.30. The molecule has 0 aliphatic carbocycles. The summed E-state index contributed by atoms with van der Waals surface area (Å²) in [4.78, 5) is 17.9. The number of carbonyl (C=O) groups excluding carboxylic acids is 1. The Bertz CT molecular complexity index is 1420. The van der Waals surface area contributed by atoms with Crippen molar-refractivity contribution in [3.05, 3.63) is 88.0 Å². The molecule has 0 bridgehead atoms. The van der Waals surface area contributed by atoms with Gasteiger partial charge in [0, 0.05) is 39.0 Å². The van der Waals surface area contributed by atoms with Crippen LogP contribution in [0.2, 0.25) is 5.02 Å². The van der Waals surface area contributed by atoms with Crippen LogP contribution in [0.15, 0.2) is 54.7 Å². The summed E-state index contributed by atoms with van der Waals surface area (Å²) in [5.74, 6) is -0.869. The molecular formula is C29H30ClFN2O3. The van der Waals surface area contributed by atoms with Crippen LogP contribution < -0.4 is 0 Å². The summed E-state index contributed by atoms with van der Waals surface area (Å²) in [7, 11) is 1.35. The maximum atomic E-state index is 14.6. The number of ether oxygens (including phenoxy) is 2. The normalized spacial score (nSPS) is 12.7. The highest BCUT2D eigenvalue weighted by Crippen LogP contribution is 2.40. The first-order chi connectivity index (χ1) is 17.0. The van der Waals surface area contributed by atoms with E-state index in [1.165, 1.54) is 13.2 Å². The van der Waals surface area contributed by atoms with Gasteiger partial charge in [0.1, 0.15) is 11.5 Å². The van der Waals surface area contributed by atoms with Crippen LogP contribution in [-0.4, -0.2) is 28.2 Å². The van der Waals surface area contributed by atoms with Gasteiger partial charge in [-0.05, 0) is 58.4 Å². The van der Waals surface area contributed by atoms with Gasteiger partial charge in [-0.3, -0.25) is 0 Å². The van der Waals surface area contributed by atoms with E-state index in [9.17, 15) is 9.18 Å². The summed E-state index contributed by atoms with van der Waals surface area (Å²) in [6.45, 7) is 9.85. The first-order valence-electron chi connectivity index (χ1n) is 11.7. The summed E-state index contributed by atoms with van der Waals surface area (Å²) >= 11 is 5.94. The fourth-order valence-corrected chi connectivity index (χ4v) is 4.49. The third-order valence-electron chi connectivity index (χ3n) is 5.98. The van der Waals surface area contributed by atoms with E-state index in [2.05, 4.69) is 0 Å². The molecule has 0 amide bonds. The molecule has 0 spiro atoms. The zero-order valence-corrected chi connectivity index (χ0v) is 22.1. The molecule has 0 aliphatic rings. The topological polar surface area (TPSA) is 53.4 Å². The highest BCUT2D eigenvalue weighted by molar-refractivity contribution is 6.30. The first kappa shape index (κ1) is 25.9. The molecule has 2 aromatic carbocycles. The number of halogens is 2. The van der Waals surface area contributed by atoms with Crippen LogP contribution in [0.1, 0.15) is 49.3 Å². The van der Waals surface area contributed by atoms with E-state index in [-0.39, 0.29) is 12.4 Å². The smallest absolute Gasteiger partial charge is 0.339 e. The van der Waals surface area contributed by atoms with Gasteiger partial charge in [0.05, 0.1) is 19.3 Å². The van der Waals surface area contributed by atoms with Crippen molar-refractivity contribution in [3.8, 4) is 11.1 Å². The summed E-state index contributed by atoms with van der Waals surface area (Å²) in [5, 5.41) is 1.18. The SMILES string of the molecule is COC(=O)C(OC(C)(C)C)c1c(C)nc2c(ccn2Cc2ccc(Cl)cc2F)c1-c1ccc(C)cc1. The van der Waals surface area contributed by atoms with Crippen molar-refractivity contribution in [3.63, 3.8) is 0 Å². The van der Waals surface area contributed by atoms with Crippen molar-refractivity contribution >= 4 is 28.6 Å². The minimum absolute atomic E-state index is 0.282. The number of pyridine rings is 1. The Morgan fingerprint density at radius 1 is 1.11 bits per heavy atom. The van der Waals surface area contributed by atoms with Gasteiger partial charge >= 0.3 is 5.97 Å². The van der Waals surface area contributed by atoms with Gasteiger partial charge < -0.3 is 14.0 Å². The molecular weight excluding hydrogens is 479 g/mol. The van der Waals surface area contributed by atoms with Crippen molar-refractivity contribution < 1.29 is 18.7 Å². The van der Waals surface area contributed by atoms with Crippen LogP contribution in [0, 0.1) is 19.7 Å². The number of methoxy groups -OCH3 is 1. The maximum Gasteiger partial charge on any atom is 0.339 e. The third-order valence-corrected chi connectivity index (χ3v) is 6.22. The van der Waals surface area contributed by atoms with Crippen LogP contribution in [0.4, 0.5) is 4.39 Å². The molecule has 2 aromatic heterocycles. The van der Waals surface area contributed by atoms with E-state index in [0.717, 1.165) is 22.1 Å². The van der Waals surface area contributed by atoms with E-state index < -0.39 is 17.7 Å². The zero-order chi connectivity index (χ0) is 26.2. The molecule has 4 aromatic rings. The number of aryl methyl sites for hydroxylation is 2. The molecule has 0 saturated heterocycles. The highest BCUT2D eigenvalue weighted by Gasteiger charge is 2.33. The lowest BCUT2D eigenvalue weighted by atomic mass is 9.92. The molecule has 188 valence electrons. The van der Waals surface area contributed by atoms with E-state index in [4.69, 9.17) is 26.1 Å². The standard InChI is InChI=1S/C29H30ClFN2O3/c1-17-7-9-19(10-8-17)25-22-13-14-33(16-20-11-12-21(30)15-23(20)31)27(22)32-18(2)24(25)26(28(34)35-6)36-29(3,4)5/h7-15,26H,16H2,1-6H3. The Morgan fingerprint density at radius 3 is 2.42 bits per heavy atom. The molecule has 1 unspecified atom stereocenters. The van der Waals surface area contributed by atoms with Crippen LogP contribution in [0.5, 0.6) is 0 Å². The van der Waals surface area contributed by atoms with E-state index >= 15 is 0 Å². The zero-order valence-electron chi connectivity index (χ0n) is 21.4. The van der Waals surface area contributed by atoms with E-state index in [1.807, 2.05) is 75.7 Å². The van der Waals surface area contributed by atoms with Gasteiger partial charge in [-0.15, -0.1) is 0 Å². The number of benzene rings is 2. The lowest BCUT2D eigenvalue weighted by Crippen LogP contribution is -2.29.